The number of unbranched alkanes of at least 4 members (excludes halogenated alkanes) is 1. The van der Waals surface area contributed by atoms with Crippen LogP contribution >= 0.6 is 0 Å². The van der Waals surface area contributed by atoms with E-state index in [4.69, 9.17) is 5.73 Å². The first kappa shape index (κ1) is 14.6. The van der Waals surface area contributed by atoms with Crippen molar-refractivity contribution in [3.05, 3.63) is 35.4 Å². The largest absolute Gasteiger partial charge is 0.351 e. The Bertz CT molecular complexity index is 410. The molecule has 0 bridgehead atoms. The summed E-state index contributed by atoms with van der Waals surface area (Å²) >= 11 is 0. The van der Waals surface area contributed by atoms with Crippen LogP contribution < -0.4 is 11.1 Å². The third-order valence-corrected chi connectivity index (χ3v) is 2.66. The second-order valence-corrected chi connectivity index (χ2v) is 4.21. The second kappa shape index (κ2) is 7.06. The van der Waals surface area contributed by atoms with Crippen LogP contribution in [0.25, 0.3) is 0 Å². The minimum Gasteiger partial charge on any atom is -0.351 e. The fraction of sp³-hybridized carbons (Fsp3) is 0.462. The molecule has 0 spiro atoms. The molecule has 0 saturated heterocycles. The van der Waals surface area contributed by atoms with Crippen LogP contribution in [0.5, 0.6) is 0 Å². The molecule has 18 heavy (non-hydrogen) atoms. The first-order valence-electron chi connectivity index (χ1n) is 6.01. The van der Waals surface area contributed by atoms with Gasteiger partial charge in [0.2, 0.25) is 5.91 Å². The van der Waals surface area contributed by atoms with Crippen molar-refractivity contribution in [2.45, 2.75) is 38.8 Å². The van der Waals surface area contributed by atoms with Crippen LogP contribution in [0.15, 0.2) is 18.2 Å². The number of halogens is 2. The molecule has 1 amide bonds. The average Bonchev–Trinajstić information content (AvgIpc) is 2.36. The standard InChI is InChI=1S/C13H18F2N2O/c1-2-3-4-12(16)13(18)17-8-9-5-6-10(14)11(15)7-9/h5-7,12H,2-4,8,16H2,1H3,(H,17,18)/t12-/m0/s1. The van der Waals surface area contributed by atoms with Gasteiger partial charge in [-0.3, -0.25) is 4.79 Å². The SMILES string of the molecule is CCCC[C@H](N)C(=O)NCc1ccc(F)c(F)c1. The number of carbonyl (C=O) groups excluding carboxylic acids is 1. The molecule has 0 aliphatic heterocycles. The average molecular weight is 256 g/mol. The van der Waals surface area contributed by atoms with E-state index in [1.54, 1.807) is 0 Å². The lowest BCUT2D eigenvalue weighted by Crippen LogP contribution is -2.40. The molecule has 3 nitrogen and oxygen atoms in total. The molecule has 5 heteroatoms. The predicted octanol–water partition coefficient (Wildman–Crippen LogP) is 2.10. The summed E-state index contributed by atoms with van der Waals surface area (Å²) in [7, 11) is 0. The maximum absolute atomic E-state index is 12.9. The van der Waals surface area contributed by atoms with Crippen molar-refractivity contribution >= 4 is 5.91 Å². The number of carbonyl (C=O) groups is 1. The summed E-state index contributed by atoms with van der Waals surface area (Å²) < 4.78 is 25.6. The highest BCUT2D eigenvalue weighted by Gasteiger charge is 2.12. The van der Waals surface area contributed by atoms with Gasteiger partial charge < -0.3 is 11.1 Å². The highest BCUT2D eigenvalue weighted by molar-refractivity contribution is 5.81. The molecule has 1 rings (SSSR count). The van der Waals surface area contributed by atoms with Gasteiger partial charge in [0.05, 0.1) is 6.04 Å². The van der Waals surface area contributed by atoms with Gasteiger partial charge >= 0.3 is 0 Å². The molecular formula is C13H18F2N2O. The molecule has 100 valence electrons. The van der Waals surface area contributed by atoms with E-state index in [0.717, 1.165) is 25.0 Å². The van der Waals surface area contributed by atoms with Crippen LogP contribution in [0.3, 0.4) is 0 Å². The van der Waals surface area contributed by atoms with Gasteiger partial charge in [0.15, 0.2) is 11.6 Å². The topological polar surface area (TPSA) is 55.1 Å². The number of rotatable bonds is 6. The third kappa shape index (κ3) is 4.41. The van der Waals surface area contributed by atoms with Crippen LogP contribution in [0.1, 0.15) is 31.7 Å². The van der Waals surface area contributed by atoms with E-state index < -0.39 is 17.7 Å². The highest BCUT2D eigenvalue weighted by atomic mass is 19.2. The van der Waals surface area contributed by atoms with Crippen molar-refractivity contribution in [3.8, 4) is 0 Å². The Morgan fingerprint density at radius 2 is 2.11 bits per heavy atom. The summed E-state index contributed by atoms with van der Waals surface area (Å²) in [5, 5.41) is 2.60. The van der Waals surface area contributed by atoms with Crippen LogP contribution in [0.4, 0.5) is 8.78 Å². The fourth-order valence-electron chi connectivity index (χ4n) is 1.52. The summed E-state index contributed by atoms with van der Waals surface area (Å²) in [6.45, 7) is 2.17. The minimum atomic E-state index is -0.919. The quantitative estimate of drug-likeness (QED) is 0.819. The molecule has 1 aromatic rings. The molecular weight excluding hydrogens is 238 g/mol. The van der Waals surface area contributed by atoms with Gasteiger partial charge in [-0.1, -0.05) is 25.8 Å². The number of nitrogens with one attached hydrogen (secondary N) is 1. The Morgan fingerprint density at radius 3 is 2.72 bits per heavy atom. The number of amides is 1. The van der Waals surface area contributed by atoms with E-state index in [0.29, 0.717) is 12.0 Å². The normalized spacial score (nSPS) is 12.2. The number of benzene rings is 1. The van der Waals surface area contributed by atoms with E-state index in [1.165, 1.54) is 6.07 Å². The first-order valence-corrected chi connectivity index (χ1v) is 6.01. The molecule has 0 saturated carbocycles. The molecule has 0 aliphatic carbocycles. The van der Waals surface area contributed by atoms with Gasteiger partial charge in [-0.15, -0.1) is 0 Å². The van der Waals surface area contributed by atoms with Gasteiger partial charge in [-0.25, -0.2) is 8.78 Å². The molecule has 0 aliphatic rings. The zero-order valence-electron chi connectivity index (χ0n) is 10.4. The highest BCUT2D eigenvalue weighted by Crippen LogP contribution is 2.08. The van der Waals surface area contributed by atoms with Crippen molar-refractivity contribution in [1.29, 1.82) is 0 Å². The summed E-state index contributed by atoms with van der Waals surface area (Å²) in [6, 6.07) is 2.98. The van der Waals surface area contributed by atoms with Gasteiger partial charge in [-0.05, 0) is 24.1 Å². The molecule has 1 aromatic carbocycles. The van der Waals surface area contributed by atoms with Crippen molar-refractivity contribution in [1.82, 2.24) is 5.32 Å². The molecule has 0 unspecified atom stereocenters. The summed E-state index contributed by atoms with van der Waals surface area (Å²) in [6.07, 6.45) is 2.49. The summed E-state index contributed by atoms with van der Waals surface area (Å²) in [5.41, 5.74) is 6.18. The molecule has 1 atom stereocenters. The maximum Gasteiger partial charge on any atom is 0.237 e. The predicted molar refractivity (Wildman–Crippen MR) is 65.7 cm³/mol. The zero-order valence-corrected chi connectivity index (χ0v) is 10.4. The lowest BCUT2D eigenvalue weighted by molar-refractivity contribution is -0.122. The number of hydrogen-bond donors (Lipinski definition) is 2. The molecule has 3 N–H and O–H groups in total. The van der Waals surface area contributed by atoms with Crippen molar-refractivity contribution in [3.63, 3.8) is 0 Å². The van der Waals surface area contributed by atoms with Gasteiger partial charge in [0, 0.05) is 6.54 Å². The first-order chi connectivity index (χ1) is 8.54. The maximum atomic E-state index is 12.9. The fourth-order valence-corrected chi connectivity index (χ4v) is 1.52. The Kier molecular flexibility index (Phi) is 5.71. The molecule has 0 fully saturated rings. The second-order valence-electron chi connectivity index (χ2n) is 4.21. The van der Waals surface area contributed by atoms with E-state index in [-0.39, 0.29) is 12.5 Å². The van der Waals surface area contributed by atoms with Crippen molar-refractivity contribution in [2.75, 3.05) is 0 Å². The van der Waals surface area contributed by atoms with Crippen LogP contribution in [0, 0.1) is 11.6 Å². The Morgan fingerprint density at radius 1 is 1.39 bits per heavy atom. The Hall–Kier alpha value is -1.49. The van der Waals surface area contributed by atoms with Crippen LogP contribution in [-0.4, -0.2) is 11.9 Å². The smallest absolute Gasteiger partial charge is 0.237 e. The van der Waals surface area contributed by atoms with E-state index >= 15 is 0 Å². The number of nitrogens with two attached hydrogens (primary N) is 1. The third-order valence-electron chi connectivity index (χ3n) is 2.66. The summed E-state index contributed by atoms with van der Waals surface area (Å²) in [5.74, 6) is -2.09. The Labute approximate surface area is 105 Å². The van der Waals surface area contributed by atoms with E-state index in [2.05, 4.69) is 5.32 Å². The Balaban J connectivity index is 2.44. The monoisotopic (exact) mass is 256 g/mol. The number of hydrogen-bond acceptors (Lipinski definition) is 2. The van der Waals surface area contributed by atoms with Gasteiger partial charge in [0.1, 0.15) is 0 Å². The summed E-state index contributed by atoms with van der Waals surface area (Å²) in [4.78, 5) is 11.6. The zero-order chi connectivity index (χ0) is 13.5. The lowest BCUT2D eigenvalue weighted by Gasteiger charge is -2.11. The minimum absolute atomic E-state index is 0.149. The lowest BCUT2D eigenvalue weighted by atomic mass is 10.1. The van der Waals surface area contributed by atoms with E-state index in [9.17, 15) is 13.6 Å². The van der Waals surface area contributed by atoms with Crippen molar-refractivity contribution in [2.24, 2.45) is 5.73 Å². The van der Waals surface area contributed by atoms with Crippen LogP contribution in [-0.2, 0) is 11.3 Å². The molecule has 0 radical (unpaired) electrons. The van der Waals surface area contributed by atoms with Gasteiger partial charge in [-0.2, -0.15) is 0 Å². The van der Waals surface area contributed by atoms with E-state index in [1.807, 2.05) is 6.92 Å². The molecule has 0 heterocycles. The van der Waals surface area contributed by atoms with Crippen LogP contribution in [0.2, 0.25) is 0 Å². The molecule has 0 aromatic heterocycles. The van der Waals surface area contributed by atoms with Crippen molar-refractivity contribution < 1.29 is 13.6 Å². The van der Waals surface area contributed by atoms with Gasteiger partial charge in [0.25, 0.3) is 0 Å².